The number of nitrogens with zero attached hydrogens (tertiary/aromatic N) is 2. The molecule has 100 valence electrons. The van der Waals surface area contributed by atoms with E-state index in [1.807, 2.05) is 12.1 Å². The van der Waals surface area contributed by atoms with E-state index in [2.05, 4.69) is 9.97 Å². The first-order chi connectivity index (χ1) is 9.08. The first kappa shape index (κ1) is 13.3. The molecular formula is C12H15N5OS. The van der Waals surface area contributed by atoms with Gasteiger partial charge in [-0.1, -0.05) is 11.8 Å². The van der Waals surface area contributed by atoms with Crippen molar-refractivity contribution < 1.29 is 4.74 Å². The highest BCUT2D eigenvalue weighted by atomic mass is 32.2. The predicted molar refractivity (Wildman–Crippen MR) is 77.8 cm³/mol. The summed E-state index contributed by atoms with van der Waals surface area (Å²) in [4.78, 5) is 8.21. The molecule has 19 heavy (non-hydrogen) atoms. The highest BCUT2D eigenvalue weighted by molar-refractivity contribution is 7.98. The number of aromatic nitrogens is 2. The molecule has 0 saturated carbocycles. The topological polar surface area (TPSA) is 113 Å². The molecule has 2 aromatic rings. The highest BCUT2D eigenvalue weighted by Gasteiger charge is 2.07. The van der Waals surface area contributed by atoms with Gasteiger partial charge in [0.25, 0.3) is 0 Å². The summed E-state index contributed by atoms with van der Waals surface area (Å²) in [5, 5.41) is 0.530. The number of hydrogen-bond acceptors (Lipinski definition) is 7. The summed E-state index contributed by atoms with van der Waals surface area (Å²) in [7, 11) is 1.62. The number of benzene rings is 1. The molecule has 0 radical (unpaired) electrons. The second kappa shape index (κ2) is 5.66. The SMILES string of the molecule is COc1ccc(N)cc1CSc1nc(N)cc(N)n1. The normalized spacial score (nSPS) is 10.4. The monoisotopic (exact) mass is 277 g/mol. The summed E-state index contributed by atoms with van der Waals surface area (Å²) in [6, 6.07) is 7.01. The summed E-state index contributed by atoms with van der Waals surface area (Å²) in [6.07, 6.45) is 0. The van der Waals surface area contributed by atoms with Crippen molar-refractivity contribution in [2.24, 2.45) is 0 Å². The van der Waals surface area contributed by atoms with Gasteiger partial charge in [-0.3, -0.25) is 0 Å². The summed E-state index contributed by atoms with van der Waals surface area (Å²) in [6.45, 7) is 0. The fraction of sp³-hybridized carbons (Fsp3) is 0.167. The van der Waals surface area contributed by atoms with Gasteiger partial charge in [0.15, 0.2) is 5.16 Å². The maximum absolute atomic E-state index is 5.76. The molecule has 0 aliphatic rings. The number of anilines is 3. The zero-order valence-electron chi connectivity index (χ0n) is 10.5. The minimum Gasteiger partial charge on any atom is -0.496 e. The smallest absolute Gasteiger partial charge is 0.191 e. The van der Waals surface area contributed by atoms with Crippen LogP contribution in [0.4, 0.5) is 17.3 Å². The van der Waals surface area contributed by atoms with Crippen molar-refractivity contribution in [1.82, 2.24) is 9.97 Å². The van der Waals surface area contributed by atoms with Crippen LogP contribution in [0.2, 0.25) is 0 Å². The molecule has 0 spiro atoms. The number of methoxy groups -OCH3 is 1. The molecule has 0 atom stereocenters. The molecule has 0 fully saturated rings. The van der Waals surface area contributed by atoms with Crippen LogP contribution < -0.4 is 21.9 Å². The Kier molecular flexibility index (Phi) is 3.96. The number of hydrogen-bond donors (Lipinski definition) is 3. The van der Waals surface area contributed by atoms with E-state index >= 15 is 0 Å². The quantitative estimate of drug-likeness (QED) is 0.441. The fourth-order valence-electron chi connectivity index (χ4n) is 1.58. The van der Waals surface area contributed by atoms with Crippen LogP contribution in [-0.2, 0) is 5.75 Å². The minimum absolute atomic E-state index is 0.356. The molecule has 0 amide bonds. The molecule has 2 rings (SSSR count). The Bertz CT molecular complexity index is 570. The van der Waals surface area contributed by atoms with Gasteiger partial charge in [-0.25, -0.2) is 9.97 Å². The van der Waals surface area contributed by atoms with Gasteiger partial charge in [-0.2, -0.15) is 0 Å². The van der Waals surface area contributed by atoms with Crippen molar-refractivity contribution in [2.75, 3.05) is 24.3 Å². The van der Waals surface area contributed by atoms with Gasteiger partial charge in [0.1, 0.15) is 17.4 Å². The minimum atomic E-state index is 0.356. The van der Waals surface area contributed by atoms with Crippen LogP contribution in [-0.4, -0.2) is 17.1 Å². The number of ether oxygens (including phenoxy) is 1. The maximum atomic E-state index is 5.76. The van der Waals surface area contributed by atoms with E-state index < -0.39 is 0 Å². The van der Waals surface area contributed by atoms with E-state index in [9.17, 15) is 0 Å². The van der Waals surface area contributed by atoms with Gasteiger partial charge >= 0.3 is 0 Å². The summed E-state index contributed by atoms with van der Waals surface area (Å²) < 4.78 is 5.28. The zero-order valence-corrected chi connectivity index (χ0v) is 11.3. The van der Waals surface area contributed by atoms with Crippen LogP contribution in [0.3, 0.4) is 0 Å². The lowest BCUT2D eigenvalue weighted by Crippen LogP contribution is -1.99. The first-order valence-corrected chi connectivity index (χ1v) is 6.52. The van der Waals surface area contributed by atoms with Crippen molar-refractivity contribution in [3.8, 4) is 5.75 Å². The van der Waals surface area contributed by atoms with Crippen molar-refractivity contribution in [3.05, 3.63) is 29.8 Å². The van der Waals surface area contributed by atoms with Crippen LogP contribution in [0.15, 0.2) is 29.4 Å². The van der Waals surface area contributed by atoms with E-state index in [1.165, 1.54) is 17.8 Å². The average molecular weight is 277 g/mol. The lowest BCUT2D eigenvalue weighted by atomic mass is 10.2. The Balaban J connectivity index is 2.16. The van der Waals surface area contributed by atoms with Crippen LogP contribution in [0, 0.1) is 0 Å². The van der Waals surface area contributed by atoms with Crippen LogP contribution in [0.1, 0.15) is 5.56 Å². The molecule has 6 nitrogen and oxygen atoms in total. The molecule has 1 aromatic heterocycles. The van der Waals surface area contributed by atoms with E-state index in [1.54, 1.807) is 13.2 Å². The van der Waals surface area contributed by atoms with Crippen molar-refractivity contribution in [3.63, 3.8) is 0 Å². The van der Waals surface area contributed by atoms with E-state index in [0.717, 1.165) is 11.3 Å². The first-order valence-electron chi connectivity index (χ1n) is 5.53. The molecule has 0 aliphatic heterocycles. The molecule has 0 saturated heterocycles. The number of thioether (sulfide) groups is 1. The third kappa shape index (κ3) is 3.41. The largest absolute Gasteiger partial charge is 0.496 e. The highest BCUT2D eigenvalue weighted by Crippen LogP contribution is 2.28. The average Bonchev–Trinajstić information content (AvgIpc) is 2.35. The van der Waals surface area contributed by atoms with Gasteiger partial charge in [-0.05, 0) is 18.2 Å². The summed E-state index contributed by atoms with van der Waals surface area (Å²) in [5.74, 6) is 2.11. The molecule has 1 heterocycles. The summed E-state index contributed by atoms with van der Waals surface area (Å²) >= 11 is 1.42. The van der Waals surface area contributed by atoms with Crippen LogP contribution in [0.5, 0.6) is 5.75 Å². The number of rotatable bonds is 4. The van der Waals surface area contributed by atoms with Gasteiger partial charge in [-0.15, -0.1) is 0 Å². The fourth-order valence-corrected chi connectivity index (χ4v) is 2.43. The van der Waals surface area contributed by atoms with E-state index in [-0.39, 0.29) is 0 Å². The zero-order chi connectivity index (χ0) is 13.8. The van der Waals surface area contributed by atoms with Gasteiger partial charge in [0, 0.05) is 23.1 Å². The molecule has 0 bridgehead atoms. The standard InChI is InChI=1S/C12H15N5OS/c1-18-9-3-2-8(13)4-7(9)6-19-12-16-10(14)5-11(15)17-12/h2-5H,6,13H2,1H3,(H4,14,15,16,17). The van der Waals surface area contributed by atoms with Gasteiger partial charge in [0.2, 0.25) is 0 Å². The van der Waals surface area contributed by atoms with E-state index in [4.69, 9.17) is 21.9 Å². The molecule has 0 aliphatic carbocycles. The number of nitrogens with two attached hydrogens (primary N) is 3. The predicted octanol–water partition coefficient (Wildman–Crippen LogP) is 1.52. The van der Waals surface area contributed by atoms with Crippen LogP contribution >= 0.6 is 11.8 Å². The Morgan fingerprint density at radius 2 is 1.79 bits per heavy atom. The number of nitrogen functional groups attached to an aromatic ring is 3. The molecule has 0 unspecified atom stereocenters. The Labute approximate surface area is 115 Å². The third-order valence-electron chi connectivity index (χ3n) is 2.41. The lowest BCUT2D eigenvalue weighted by Gasteiger charge is -2.09. The lowest BCUT2D eigenvalue weighted by molar-refractivity contribution is 0.411. The Morgan fingerprint density at radius 1 is 1.11 bits per heavy atom. The van der Waals surface area contributed by atoms with Crippen LogP contribution in [0.25, 0.3) is 0 Å². The third-order valence-corrected chi connectivity index (χ3v) is 3.30. The second-order valence-corrected chi connectivity index (χ2v) is 4.80. The molecular weight excluding hydrogens is 262 g/mol. The van der Waals surface area contributed by atoms with Crippen molar-refractivity contribution in [1.29, 1.82) is 0 Å². The van der Waals surface area contributed by atoms with Gasteiger partial charge in [0.05, 0.1) is 7.11 Å². The van der Waals surface area contributed by atoms with Gasteiger partial charge < -0.3 is 21.9 Å². The Morgan fingerprint density at radius 3 is 2.42 bits per heavy atom. The van der Waals surface area contributed by atoms with E-state index in [0.29, 0.717) is 28.2 Å². The molecule has 7 heteroatoms. The summed E-state index contributed by atoms with van der Waals surface area (Å²) in [5.41, 5.74) is 18.7. The van der Waals surface area contributed by atoms with Crippen molar-refractivity contribution in [2.45, 2.75) is 10.9 Å². The molecule has 1 aromatic carbocycles. The molecule has 6 N–H and O–H groups in total. The Hall–Kier alpha value is -2.15. The maximum Gasteiger partial charge on any atom is 0.191 e. The second-order valence-electron chi connectivity index (χ2n) is 3.86. The van der Waals surface area contributed by atoms with Crippen molar-refractivity contribution >= 4 is 29.1 Å².